The summed E-state index contributed by atoms with van der Waals surface area (Å²) >= 11 is 3.35. The predicted octanol–water partition coefficient (Wildman–Crippen LogP) is 2.04. The van der Waals surface area contributed by atoms with Crippen molar-refractivity contribution in [2.45, 2.75) is 0 Å². The molecule has 0 aliphatic rings. The van der Waals surface area contributed by atoms with Gasteiger partial charge in [0.2, 0.25) is 0 Å². The van der Waals surface area contributed by atoms with E-state index in [1.165, 1.54) is 13.2 Å². The Morgan fingerprint density at radius 1 is 1.56 bits per heavy atom. The molecule has 0 unspecified atom stereocenters. The van der Waals surface area contributed by atoms with E-state index in [1.807, 2.05) is 0 Å². The highest BCUT2D eigenvalue weighted by Gasteiger charge is 2.15. The van der Waals surface area contributed by atoms with E-state index in [1.54, 1.807) is 17.8 Å². The average molecular weight is 285 g/mol. The summed E-state index contributed by atoms with van der Waals surface area (Å²) < 4.78 is 7.48. The van der Waals surface area contributed by atoms with Gasteiger partial charge in [-0.15, -0.1) is 0 Å². The van der Waals surface area contributed by atoms with Crippen molar-refractivity contribution in [3.63, 3.8) is 0 Å². The second-order valence-corrected chi connectivity index (χ2v) is 4.05. The van der Waals surface area contributed by atoms with E-state index in [0.29, 0.717) is 11.3 Å². The Bertz CT molecular complexity index is 577. The van der Waals surface area contributed by atoms with Gasteiger partial charge in [0, 0.05) is 12.4 Å². The number of hydrogen-bond donors (Lipinski definition) is 1. The summed E-state index contributed by atoms with van der Waals surface area (Å²) in [5.74, 6) is -0.535. The lowest BCUT2D eigenvalue weighted by molar-refractivity contribution is 0.0696. The van der Waals surface area contributed by atoms with Gasteiger partial charge < -0.3 is 9.84 Å². The number of rotatable bonds is 2. The minimum Gasteiger partial charge on any atom is -0.494 e. The van der Waals surface area contributed by atoms with Gasteiger partial charge in [0.25, 0.3) is 0 Å². The zero-order valence-electron chi connectivity index (χ0n) is 8.69. The van der Waals surface area contributed by atoms with Crippen LogP contribution in [0.1, 0.15) is 10.4 Å². The van der Waals surface area contributed by atoms with Gasteiger partial charge in [-0.25, -0.2) is 4.79 Å². The molecule has 2 rings (SSSR count). The largest absolute Gasteiger partial charge is 0.494 e. The first-order chi connectivity index (χ1) is 7.54. The Hall–Kier alpha value is -1.56. The molecular formula is C10H9BrN2O3. The molecule has 6 heteroatoms. The number of aromatic carboxylic acids is 1. The number of nitrogens with zero attached hydrogens (tertiary/aromatic N) is 2. The van der Waals surface area contributed by atoms with Crippen LogP contribution in [0.5, 0.6) is 5.75 Å². The van der Waals surface area contributed by atoms with Crippen molar-refractivity contribution >= 4 is 32.8 Å². The van der Waals surface area contributed by atoms with Gasteiger partial charge in [0.1, 0.15) is 15.9 Å². The van der Waals surface area contributed by atoms with Gasteiger partial charge >= 0.3 is 5.97 Å². The summed E-state index contributed by atoms with van der Waals surface area (Å²) in [6.45, 7) is 0. The van der Waals surface area contributed by atoms with E-state index < -0.39 is 5.97 Å². The van der Waals surface area contributed by atoms with E-state index in [0.717, 1.165) is 9.99 Å². The van der Waals surface area contributed by atoms with Crippen LogP contribution in [0.25, 0.3) is 10.9 Å². The van der Waals surface area contributed by atoms with Crippen LogP contribution in [0.4, 0.5) is 0 Å². The Morgan fingerprint density at radius 3 is 2.81 bits per heavy atom. The van der Waals surface area contributed by atoms with Crippen LogP contribution >= 0.6 is 15.9 Å². The number of benzene rings is 1. The lowest BCUT2D eigenvalue weighted by Gasteiger charge is -2.02. The minimum absolute atomic E-state index is 0.179. The average Bonchev–Trinajstić information content (AvgIpc) is 2.54. The molecule has 0 radical (unpaired) electrons. The third kappa shape index (κ3) is 1.55. The van der Waals surface area contributed by atoms with Crippen LogP contribution in [-0.2, 0) is 7.05 Å². The molecule has 0 aliphatic carbocycles. The fourth-order valence-corrected chi connectivity index (χ4v) is 1.90. The zero-order chi connectivity index (χ0) is 11.9. The van der Waals surface area contributed by atoms with Crippen molar-refractivity contribution in [3.05, 3.63) is 22.3 Å². The molecule has 0 fully saturated rings. The number of aryl methyl sites for hydroxylation is 1. The number of methoxy groups -OCH3 is 1. The SMILES string of the molecule is COc1cc(C(=O)O)cc2c(Br)n(C)nc12. The first-order valence-corrected chi connectivity index (χ1v) is 5.27. The standard InChI is InChI=1S/C10H9BrN2O3/c1-13-9(11)6-3-5(10(14)15)4-7(16-2)8(6)12-13/h3-4H,1-2H3,(H,14,15). The van der Waals surface area contributed by atoms with Crippen LogP contribution < -0.4 is 4.74 Å². The summed E-state index contributed by atoms with van der Waals surface area (Å²) in [4.78, 5) is 10.9. The van der Waals surface area contributed by atoms with Crippen LogP contribution in [0.2, 0.25) is 0 Å². The monoisotopic (exact) mass is 284 g/mol. The molecule has 84 valence electrons. The van der Waals surface area contributed by atoms with Gasteiger partial charge in [0.15, 0.2) is 0 Å². The van der Waals surface area contributed by atoms with E-state index in [4.69, 9.17) is 9.84 Å². The van der Waals surface area contributed by atoms with Gasteiger partial charge in [-0.2, -0.15) is 5.10 Å². The van der Waals surface area contributed by atoms with Crippen LogP contribution in [0.15, 0.2) is 16.7 Å². The normalized spacial score (nSPS) is 10.7. The van der Waals surface area contributed by atoms with Crippen LogP contribution in [-0.4, -0.2) is 28.0 Å². The molecule has 1 aromatic heterocycles. The van der Waals surface area contributed by atoms with Crippen LogP contribution in [0, 0.1) is 0 Å². The first kappa shape index (κ1) is 10.9. The molecule has 0 saturated heterocycles. The summed E-state index contributed by atoms with van der Waals surface area (Å²) in [5, 5.41) is 13.9. The molecule has 16 heavy (non-hydrogen) atoms. The number of carboxylic acids is 1. The Morgan fingerprint density at radius 2 is 2.25 bits per heavy atom. The zero-order valence-corrected chi connectivity index (χ0v) is 10.3. The Kier molecular flexibility index (Phi) is 2.59. The highest BCUT2D eigenvalue weighted by molar-refractivity contribution is 9.10. The number of carbonyl (C=O) groups is 1. The maximum absolute atomic E-state index is 10.9. The number of ether oxygens (including phenoxy) is 1. The maximum Gasteiger partial charge on any atom is 0.335 e. The second-order valence-electron chi connectivity index (χ2n) is 3.29. The molecule has 0 saturated carbocycles. The summed E-state index contributed by atoms with van der Waals surface area (Å²) in [6, 6.07) is 3.03. The molecule has 1 heterocycles. The number of hydrogen-bond acceptors (Lipinski definition) is 3. The summed E-state index contributed by atoms with van der Waals surface area (Å²) in [6.07, 6.45) is 0. The molecule has 2 aromatic rings. The number of fused-ring (bicyclic) bond motifs is 1. The molecular weight excluding hydrogens is 276 g/mol. The summed E-state index contributed by atoms with van der Waals surface area (Å²) in [7, 11) is 3.26. The Balaban J connectivity index is 2.84. The smallest absolute Gasteiger partial charge is 0.335 e. The van der Waals surface area contributed by atoms with E-state index in [-0.39, 0.29) is 5.56 Å². The number of aromatic nitrogens is 2. The van der Waals surface area contributed by atoms with Crippen molar-refractivity contribution in [1.29, 1.82) is 0 Å². The predicted molar refractivity (Wildman–Crippen MR) is 61.9 cm³/mol. The van der Waals surface area contributed by atoms with Crippen molar-refractivity contribution < 1.29 is 14.6 Å². The fourth-order valence-electron chi connectivity index (χ4n) is 1.52. The highest BCUT2D eigenvalue weighted by Crippen LogP contribution is 2.31. The van der Waals surface area contributed by atoms with E-state index in [2.05, 4.69) is 21.0 Å². The first-order valence-electron chi connectivity index (χ1n) is 4.48. The van der Waals surface area contributed by atoms with Crippen molar-refractivity contribution in [3.8, 4) is 5.75 Å². The van der Waals surface area contributed by atoms with Gasteiger partial charge in [-0.05, 0) is 28.1 Å². The summed E-state index contributed by atoms with van der Waals surface area (Å²) in [5.41, 5.74) is 0.819. The van der Waals surface area contributed by atoms with Crippen molar-refractivity contribution in [1.82, 2.24) is 9.78 Å². The lowest BCUT2D eigenvalue weighted by atomic mass is 10.1. The molecule has 1 aromatic carbocycles. The van der Waals surface area contributed by atoms with E-state index in [9.17, 15) is 4.79 Å². The quantitative estimate of drug-likeness (QED) is 0.917. The lowest BCUT2D eigenvalue weighted by Crippen LogP contribution is -1.97. The molecule has 5 nitrogen and oxygen atoms in total. The number of halogens is 1. The third-order valence-corrected chi connectivity index (χ3v) is 3.24. The molecule has 0 aliphatic heterocycles. The molecule has 0 atom stereocenters. The fraction of sp³-hybridized carbons (Fsp3) is 0.200. The second kappa shape index (κ2) is 3.79. The topological polar surface area (TPSA) is 64.3 Å². The van der Waals surface area contributed by atoms with Crippen LogP contribution in [0.3, 0.4) is 0 Å². The Labute approximate surface area is 99.8 Å². The van der Waals surface area contributed by atoms with Gasteiger partial charge in [0.05, 0.1) is 12.7 Å². The molecule has 1 N–H and O–H groups in total. The highest BCUT2D eigenvalue weighted by atomic mass is 79.9. The molecule has 0 amide bonds. The van der Waals surface area contributed by atoms with Gasteiger partial charge in [-0.1, -0.05) is 0 Å². The van der Waals surface area contributed by atoms with E-state index >= 15 is 0 Å². The third-order valence-electron chi connectivity index (χ3n) is 2.30. The van der Waals surface area contributed by atoms with Crippen molar-refractivity contribution in [2.24, 2.45) is 7.05 Å². The minimum atomic E-state index is -0.990. The molecule has 0 bridgehead atoms. The van der Waals surface area contributed by atoms with Crippen molar-refractivity contribution in [2.75, 3.05) is 7.11 Å². The number of carboxylic acid groups (broad SMARTS) is 1. The molecule has 0 spiro atoms. The van der Waals surface area contributed by atoms with Gasteiger partial charge in [-0.3, -0.25) is 4.68 Å². The maximum atomic E-state index is 10.9.